The summed E-state index contributed by atoms with van der Waals surface area (Å²) in [7, 11) is 3.46. The largest absolute Gasteiger partial charge is 0.416 e. The monoisotopic (exact) mass is 1310 g/mol. The molecule has 9 aromatic rings. The number of hydrogen-bond donors (Lipinski definition) is 2. The van der Waals surface area contributed by atoms with Gasteiger partial charge in [-0.3, -0.25) is 9.97 Å². The maximum Gasteiger partial charge on any atom is 0.416 e. The van der Waals surface area contributed by atoms with Crippen LogP contribution in [0.1, 0.15) is 105 Å². The average molecular weight is 1310 g/mol. The molecule has 442 valence electrons. The number of fused-ring (bicyclic) bond motifs is 1. The number of alkyl halides is 4. The molecule has 11 rings (SSSR count). The molecule has 0 amide bonds. The fourth-order valence-corrected chi connectivity index (χ4v) is 13.0. The van der Waals surface area contributed by atoms with Crippen LogP contribution in [0.25, 0.3) is 16.6 Å². The van der Waals surface area contributed by atoms with Crippen LogP contribution < -0.4 is 4.90 Å². The first-order valence-corrected chi connectivity index (χ1v) is 29.9. The lowest BCUT2D eigenvalue weighted by Crippen LogP contribution is -2.48. The van der Waals surface area contributed by atoms with Gasteiger partial charge in [-0.1, -0.05) is 105 Å². The molecule has 2 N–H and O–H groups in total. The Labute approximate surface area is 519 Å². The number of aliphatic imine (C=N–C) groups is 1. The predicted molar refractivity (Wildman–Crippen MR) is 336 cm³/mol. The van der Waals surface area contributed by atoms with E-state index in [1.54, 1.807) is 50.2 Å². The first kappa shape index (κ1) is 60.1. The molecular weight excluding hydrogens is 1250 g/mol. The highest BCUT2D eigenvalue weighted by molar-refractivity contribution is 14.1. The van der Waals surface area contributed by atoms with Gasteiger partial charge in [0, 0.05) is 124 Å². The number of benzene rings is 3. The number of likely N-dealkylation sites (tertiary alicyclic amines) is 1. The minimum Gasteiger partial charge on any atom is -0.375 e. The Hall–Kier alpha value is -7.63. The van der Waals surface area contributed by atoms with Crippen molar-refractivity contribution in [3.8, 4) is 5.69 Å². The molecule has 0 saturated carbocycles. The smallest absolute Gasteiger partial charge is 0.375 e. The molecular formula is C64H62Cl2F3IN14O2. The third kappa shape index (κ3) is 11.5. The van der Waals surface area contributed by atoms with Crippen molar-refractivity contribution < 1.29 is 23.4 Å². The average Bonchev–Trinajstić information content (AvgIpc) is 1.12. The van der Waals surface area contributed by atoms with Crippen LogP contribution in [-0.2, 0) is 44.3 Å². The summed E-state index contributed by atoms with van der Waals surface area (Å²) < 4.78 is 46.4. The van der Waals surface area contributed by atoms with Crippen molar-refractivity contribution in [3.63, 3.8) is 0 Å². The number of halogens is 6. The van der Waals surface area contributed by atoms with Gasteiger partial charge in [-0.25, -0.2) is 24.0 Å². The maximum absolute atomic E-state index is 13.7. The summed E-state index contributed by atoms with van der Waals surface area (Å²) in [6.45, 7) is 13.4. The molecule has 2 aliphatic heterocycles. The molecule has 0 radical (unpaired) electrons. The topological polar surface area (TPSA) is 177 Å². The molecule has 3 aromatic carbocycles. The fraction of sp³-hybridized carbons (Fsp3) is 0.297. The van der Waals surface area contributed by atoms with E-state index in [9.17, 15) is 23.4 Å². The van der Waals surface area contributed by atoms with Gasteiger partial charge < -0.3 is 20.0 Å². The summed E-state index contributed by atoms with van der Waals surface area (Å²) in [6.07, 6.45) is 9.02. The van der Waals surface area contributed by atoms with E-state index in [-0.39, 0.29) is 12.5 Å². The quantitative estimate of drug-likeness (QED) is 0.0308. The van der Waals surface area contributed by atoms with Gasteiger partial charge in [-0.15, -0.1) is 10.2 Å². The Kier molecular flexibility index (Phi) is 16.7. The summed E-state index contributed by atoms with van der Waals surface area (Å²) in [5.41, 5.74) is 7.67. The standard InChI is InChI=1S/C64H62Cl2F3IN14O2/c1-37(62(85,57-32-72-78-80(57)7)53-22-11-38(2)75-41(53)5)10-9-26-71-60(50(40(4)65)28-43-13-17-46(18-14-43)64(67,68)69)83-27-25-56(83)45-31-74-84(34-45)49-20-15-44(16-21-49)29-52-59(66)51-30-47(19-24-55(51)77-61(52)82-35-48(70)36-82)63(86,58-33-73-79-81(58)8)54-23-12-39(3)76-42(54)6/h9-24,26,30-34,48,56,85-86H,25,27-29,35-36H2,1-8H3/b26-9+,37-10+,50-40+,71-60+. The predicted octanol–water partition coefficient (Wildman–Crippen LogP) is 12.2. The van der Waals surface area contributed by atoms with Crippen LogP contribution in [0, 0.1) is 27.7 Å². The summed E-state index contributed by atoms with van der Waals surface area (Å²) in [5.74, 6) is 1.37. The van der Waals surface area contributed by atoms with Gasteiger partial charge in [0.15, 0.2) is 11.2 Å². The third-order valence-electron chi connectivity index (χ3n) is 16.4. The number of hydrogen-bond acceptors (Lipinski definition) is 12. The molecule has 0 bridgehead atoms. The van der Waals surface area contributed by atoms with E-state index < -0.39 is 22.9 Å². The van der Waals surface area contributed by atoms with Gasteiger partial charge in [-0.05, 0) is 125 Å². The summed E-state index contributed by atoms with van der Waals surface area (Å²) >= 11 is 17.0. The van der Waals surface area contributed by atoms with E-state index in [0.717, 1.165) is 71.2 Å². The normalized spacial score (nSPS) is 17.0. The second-order valence-corrected chi connectivity index (χ2v) is 24.8. The SMILES string of the molecule is C\C(=C/C=C/N=C(\C(Cc1ccc(C(F)(F)F)cc1)=C(/C)Cl)N1CCC1c1cnn(-c2ccc(Cc3c(N4CC(I)C4)nc4ccc(C(O)(c5ccc(C)nc5C)c5cnnn5C)cc4c3Cl)cc2)c1)C(O)(c1ccc(C)nc1C)c1cnnn1C. The minimum atomic E-state index is -4.49. The van der Waals surface area contributed by atoms with Crippen molar-refractivity contribution in [1.29, 1.82) is 0 Å². The second-order valence-electron chi connectivity index (χ2n) is 22.1. The molecule has 0 spiro atoms. The van der Waals surface area contributed by atoms with Gasteiger partial charge in [-0.2, -0.15) is 18.3 Å². The van der Waals surface area contributed by atoms with E-state index in [0.29, 0.717) is 99.9 Å². The first-order chi connectivity index (χ1) is 41.0. The van der Waals surface area contributed by atoms with Crippen molar-refractivity contribution >= 4 is 68.3 Å². The zero-order valence-electron chi connectivity index (χ0n) is 48.5. The Morgan fingerprint density at radius 3 is 1.99 bits per heavy atom. The van der Waals surface area contributed by atoms with Crippen molar-refractivity contribution in [2.75, 3.05) is 24.5 Å². The highest BCUT2D eigenvalue weighted by Crippen LogP contribution is 2.44. The zero-order valence-corrected chi connectivity index (χ0v) is 52.2. The van der Waals surface area contributed by atoms with Gasteiger partial charge in [0.25, 0.3) is 0 Å². The lowest BCUT2D eigenvalue weighted by molar-refractivity contribution is -0.137. The first-order valence-electron chi connectivity index (χ1n) is 27.9. The number of pyridine rings is 3. The maximum atomic E-state index is 13.7. The lowest BCUT2D eigenvalue weighted by atomic mass is 9.82. The number of amidine groups is 1. The number of nitrogens with zero attached hydrogens (tertiary/aromatic N) is 14. The van der Waals surface area contributed by atoms with E-state index in [1.807, 2.05) is 106 Å². The Balaban J connectivity index is 0.892. The zero-order chi connectivity index (χ0) is 61.0. The summed E-state index contributed by atoms with van der Waals surface area (Å²) in [5, 5.41) is 48.5. The molecule has 2 saturated heterocycles. The van der Waals surface area contributed by atoms with Crippen LogP contribution in [-0.4, -0.2) is 99.2 Å². The molecule has 6 aromatic heterocycles. The number of anilines is 1. The highest BCUT2D eigenvalue weighted by atomic mass is 127. The van der Waals surface area contributed by atoms with Gasteiger partial charge >= 0.3 is 6.18 Å². The van der Waals surface area contributed by atoms with Crippen molar-refractivity contribution in [3.05, 3.63) is 234 Å². The van der Waals surface area contributed by atoms with Crippen molar-refractivity contribution in [2.24, 2.45) is 19.1 Å². The van der Waals surface area contributed by atoms with E-state index in [2.05, 4.69) is 70.1 Å². The number of rotatable bonds is 16. The second kappa shape index (κ2) is 23.9. The molecule has 86 heavy (non-hydrogen) atoms. The molecule has 8 heterocycles. The van der Waals surface area contributed by atoms with E-state index >= 15 is 0 Å². The molecule has 3 unspecified atom stereocenters. The van der Waals surface area contributed by atoms with Gasteiger partial charge in [0.1, 0.15) is 11.7 Å². The highest BCUT2D eigenvalue weighted by Gasteiger charge is 2.41. The molecule has 3 atom stereocenters. The van der Waals surface area contributed by atoms with E-state index in [4.69, 9.17) is 43.3 Å². The Morgan fingerprint density at radius 2 is 1.41 bits per heavy atom. The molecule has 22 heteroatoms. The molecule has 2 aliphatic rings. The van der Waals surface area contributed by atoms with Crippen molar-refractivity contribution in [1.82, 2.24) is 59.6 Å². The van der Waals surface area contributed by atoms with Gasteiger partial charge in [0.05, 0.1) is 57.8 Å². The van der Waals surface area contributed by atoms with Crippen LogP contribution in [0.4, 0.5) is 19.0 Å². The number of aryl methyl sites for hydroxylation is 6. The summed E-state index contributed by atoms with van der Waals surface area (Å²) in [4.78, 5) is 24.0. The lowest BCUT2D eigenvalue weighted by Gasteiger charge is -2.43. The van der Waals surface area contributed by atoms with Crippen LogP contribution in [0.2, 0.25) is 5.02 Å². The van der Waals surface area contributed by atoms with E-state index in [1.165, 1.54) is 23.0 Å². The van der Waals surface area contributed by atoms with Crippen LogP contribution >= 0.6 is 45.8 Å². The van der Waals surface area contributed by atoms with Crippen molar-refractivity contribution in [2.45, 2.75) is 88.1 Å². The van der Waals surface area contributed by atoms with Crippen LogP contribution in [0.3, 0.4) is 0 Å². The fourth-order valence-electron chi connectivity index (χ4n) is 11.6. The Bertz CT molecular complexity index is 4170. The minimum absolute atomic E-state index is 0.176. The third-order valence-corrected chi connectivity index (χ3v) is 17.8. The van der Waals surface area contributed by atoms with Crippen LogP contribution in [0.5, 0.6) is 0 Å². The number of aromatic nitrogens is 11. The summed E-state index contributed by atoms with van der Waals surface area (Å²) in [6, 6.07) is 26.2. The molecule has 16 nitrogen and oxygen atoms in total. The molecule has 0 aliphatic carbocycles. The molecule has 2 fully saturated rings. The Morgan fingerprint density at radius 1 is 0.779 bits per heavy atom. The number of aliphatic hydroxyl groups is 2. The number of allylic oxidation sites excluding steroid dienone is 3. The van der Waals surface area contributed by atoms with Crippen LogP contribution in [0.15, 0.2) is 155 Å². The van der Waals surface area contributed by atoms with Gasteiger partial charge in [0.2, 0.25) is 0 Å².